The van der Waals surface area contributed by atoms with Crippen LogP contribution in [0, 0.1) is 11.6 Å². The highest BCUT2D eigenvalue weighted by molar-refractivity contribution is 6.33. The average molecular weight is 255 g/mol. The minimum atomic E-state index is -1.07. The molecule has 1 aliphatic rings. The van der Waals surface area contributed by atoms with Crippen molar-refractivity contribution in [3.05, 3.63) is 17.7 Å². The Morgan fingerprint density at radius 2 is 2.00 bits per heavy atom. The number of nitrogens with zero attached hydrogens (tertiary/aromatic N) is 1. The van der Waals surface area contributed by atoms with Crippen LogP contribution in [0.4, 0.5) is 20.2 Å². The predicted octanol–water partition coefficient (Wildman–Crippen LogP) is -0.600. The lowest BCUT2D eigenvalue weighted by atomic mass is 9.80. The van der Waals surface area contributed by atoms with Crippen molar-refractivity contribution < 1.29 is 13.9 Å². The highest BCUT2D eigenvalue weighted by Crippen LogP contribution is 2.34. The maximum Gasteiger partial charge on any atom is 0.184 e. The van der Waals surface area contributed by atoms with Gasteiger partial charge in [-0.05, 0) is 30.8 Å². The van der Waals surface area contributed by atoms with Gasteiger partial charge in [0, 0.05) is 0 Å². The van der Waals surface area contributed by atoms with Gasteiger partial charge in [-0.2, -0.15) is 0 Å². The number of halogens is 2. The smallest absolute Gasteiger partial charge is 0.184 e. The molecule has 0 aliphatic heterocycles. The van der Waals surface area contributed by atoms with Crippen LogP contribution in [0.1, 0.15) is 19.3 Å². The van der Waals surface area contributed by atoms with E-state index in [4.69, 9.17) is 11.6 Å². The van der Waals surface area contributed by atoms with Crippen molar-refractivity contribution in [2.75, 3.05) is 17.3 Å². The lowest BCUT2D eigenvalue weighted by Gasteiger charge is -2.40. The second kappa shape index (κ2) is 4.40. The highest BCUT2D eigenvalue weighted by atomic mass is 19.2. The second-order valence-corrected chi connectivity index (χ2v) is 4.97. The van der Waals surface area contributed by atoms with Crippen LogP contribution < -0.4 is 22.0 Å². The normalized spacial score (nSPS) is 17.3. The van der Waals surface area contributed by atoms with Crippen LogP contribution in [0.5, 0.6) is 0 Å². The fourth-order valence-corrected chi connectivity index (χ4v) is 2.20. The molecular weight excluding hydrogens is 239 g/mol. The zero-order valence-corrected chi connectivity index (χ0v) is 10.2. The molecule has 0 aromatic heterocycles. The van der Waals surface area contributed by atoms with E-state index in [0.29, 0.717) is 12.8 Å². The molecule has 18 heavy (non-hydrogen) atoms. The van der Waals surface area contributed by atoms with Gasteiger partial charge in [-0.15, -0.1) is 0 Å². The number of hydrogen-bond acceptors (Lipinski definition) is 4. The third kappa shape index (κ3) is 2.15. The highest BCUT2D eigenvalue weighted by Gasteiger charge is 2.36. The quantitative estimate of drug-likeness (QED) is 0.292. The summed E-state index contributed by atoms with van der Waals surface area (Å²) in [6.07, 6.45) is 2.12. The monoisotopic (exact) mass is 255 g/mol. The van der Waals surface area contributed by atoms with Gasteiger partial charge >= 0.3 is 0 Å². The maximum atomic E-state index is 13.8. The molecule has 1 aromatic rings. The fraction of sp³-hybridized carbons (Fsp3) is 0.455. The van der Waals surface area contributed by atoms with Gasteiger partial charge in [-0.1, -0.05) is 0 Å². The van der Waals surface area contributed by atoms with E-state index in [1.54, 1.807) is 0 Å². The number of rotatable bonds is 3. The zero-order valence-electron chi connectivity index (χ0n) is 10.2. The summed E-state index contributed by atoms with van der Waals surface area (Å²) >= 11 is 0. The minimum Gasteiger partial charge on any atom is -0.397 e. The Bertz CT molecular complexity index is 480. The van der Waals surface area contributed by atoms with E-state index in [-0.39, 0.29) is 23.4 Å². The van der Waals surface area contributed by atoms with Crippen molar-refractivity contribution in [2.24, 2.45) is 5.84 Å². The summed E-state index contributed by atoms with van der Waals surface area (Å²) in [6.45, 7) is 0.0383. The minimum absolute atomic E-state index is 0.0383. The molecule has 0 amide bonds. The number of aliphatic hydroxyl groups is 1. The zero-order chi connectivity index (χ0) is 13.5. The molecule has 0 heterocycles. The van der Waals surface area contributed by atoms with Crippen molar-refractivity contribution in [1.82, 2.24) is 0 Å². The average Bonchev–Trinajstić information content (AvgIpc) is 2.24. The molecule has 0 spiro atoms. The molecule has 4 nitrogen and oxygen atoms in total. The Morgan fingerprint density at radius 1 is 1.39 bits per heavy atom. The van der Waals surface area contributed by atoms with Gasteiger partial charge in [-0.3, -0.25) is 0 Å². The first kappa shape index (κ1) is 13.1. The Balaban J connectivity index is 2.30. The first-order valence-electron chi connectivity index (χ1n) is 5.83. The van der Waals surface area contributed by atoms with Gasteiger partial charge in [0.1, 0.15) is 13.5 Å². The molecule has 2 rings (SSSR count). The van der Waals surface area contributed by atoms with Crippen LogP contribution in [0.3, 0.4) is 0 Å². The van der Waals surface area contributed by atoms with Gasteiger partial charge in [-0.25, -0.2) is 14.6 Å². The molecule has 0 saturated heterocycles. The van der Waals surface area contributed by atoms with Crippen LogP contribution in [0.25, 0.3) is 0 Å². The summed E-state index contributed by atoms with van der Waals surface area (Å²) in [4.78, 5) is 0. The van der Waals surface area contributed by atoms with E-state index in [1.165, 1.54) is 13.9 Å². The molecule has 1 fully saturated rings. The van der Waals surface area contributed by atoms with E-state index in [1.807, 2.05) is 0 Å². The van der Waals surface area contributed by atoms with Crippen molar-refractivity contribution >= 4 is 24.7 Å². The van der Waals surface area contributed by atoms with Gasteiger partial charge < -0.3 is 15.8 Å². The number of hydrogen-bond donors (Lipinski definition) is 3. The molecule has 1 saturated carbocycles. The van der Waals surface area contributed by atoms with Gasteiger partial charge in [0.05, 0.1) is 17.8 Å². The largest absolute Gasteiger partial charge is 0.397 e. The fourth-order valence-electron chi connectivity index (χ4n) is 2.20. The van der Waals surface area contributed by atoms with Gasteiger partial charge in [0.25, 0.3) is 0 Å². The number of anilines is 2. The first-order valence-corrected chi connectivity index (χ1v) is 5.83. The molecule has 7 heteroatoms. The van der Waals surface area contributed by atoms with E-state index in [9.17, 15) is 13.9 Å². The lowest BCUT2D eigenvalue weighted by Crippen LogP contribution is -2.51. The molecule has 0 atom stereocenters. The number of nitrogen functional groups attached to an aromatic ring is 1. The third-order valence-corrected chi connectivity index (χ3v) is 3.43. The number of nitrogens with two attached hydrogens (primary N) is 2. The van der Waals surface area contributed by atoms with Crippen molar-refractivity contribution in [3.8, 4) is 0 Å². The van der Waals surface area contributed by atoms with Crippen molar-refractivity contribution in [3.63, 3.8) is 0 Å². The summed E-state index contributed by atoms with van der Waals surface area (Å²) in [6, 6.07) is 1.33. The summed E-state index contributed by atoms with van der Waals surface area (Å²) in [5, 5.41) is 11.0. The predicted molar refractivity (Wildman–Crippen MR) is 69.3 cm³/mol. The maximum absolute atomic E-state index is 13.8. The molecule has 0 bridgehead atoms. The Kier molecular flexibility index (Phi) is 3.20. The molecule has 0 unspecified atom stereocenters. The standard InChI is InChI=1S/C11H16BF2N3O/c12-6-4-7(15)10(9(14)8(6)13)17(16)5-11(18)2-1-3-11/h4,18H,1-3,5,12,15-16H2. The summed E-state index contributed by atoms with van der Waals surface area (Å²) in [5.41, 5.74) is 4.74. The third-order valence-electron chi connectivity index (χ3n) is 3.43. The van der Waals surface area contributed by atoms with Crippen LogP contribution >= 0.6 is 0 Å². The van der Waals surface area contributed by atoms with E-state index in [0.717, 1.165) is 11.4 Å². The summed E-state index contributed by atoms with van der Waals surface area (Å²) < 4.78 is 27.3. The molecule has 5 N–H and O–H groups in total. The lowest BCUT2D eigenvalue weighted by molar-refractivity contribution is -0.0256. The van der Waals surface area contributed by atoms with E-state index >= 15 is 0 Å². The number of benzene rings is 1. The van der Waals surface area contributed by atoms with E-state index < -0.39 is 17.2 Å². The van der Waals surface area contributed by atoms with Gasteiger partial charge in [0.2, 0.25) is 0 Å². The molecule has 1 aliphatic carbocycles. The molecule has 98 valence electrons. The molecule has 1 aromatic carbocycles. The van der Waals surface area contributed by atoms with Crippen LogP contribution in [-0.2, 0) is 0 Å². The van der Waals surface area contributed by atoms with Gasteiger partial charge in [0.15, 0.2) is 11.6 Å². The summed E-state index contributed by atoms with van der Waals surface area (Å²) in [5.74, 6) is 3.66. The SMILES string of the molecule is Bc1cc(N)c(N(N)CC2(O)CCC2)c(F)c1F. The van der Waals surface area contributed by atoms with Crippen molar-refractivity contribution in [1.29, 1.82) is 0 Å². The Hall–Kier alpha value is -1.34. The first-order chi connectivity index (χ1) is 8.34. The molecule has 0 radical (unpaired) electrons. The van der Waals surface area contributed by atoms with Crippen LogP contribution in [0.15, 0.2) is 6.07 Å². The molecular formula is C11H16BF2N3O. The van der Waals surface area contributed by atoms with Crippen LogP contribution in [-0.4, -0.2) is 25.1 Å². The Morgan fingerprint density at radius 3 is 2.50 bits per heavy atom. The van der Waals surface area contributed by atoms with Crippen molar-refractivity contribution in [2.45, 2.75) is 24.9 Å². The topological polar surface area (TPSA) is 75.5 Å². The Labute approximate surface area is 105 Å². The second-order valence-electron chi connectivity index (χ2n) is 4.97. The number of hydrazine groups is 1. The van der Waals surface area contributed by atoms with Crippen LogP contribution in [0.2, 0.25) is 0 Å². The van der Waals surface area contributed by atoms with E-state index in [2.05, 4.69) is 0 Å². The summed E-state index contributed by atoms with van der Waals surface area (Å²) in [7, 11) is 1.43.